The quantitative estimate of drug-likeness (QED) is 0.372. The number of amides is 1. The number of rotatable bonds is 5. The molecule has 1 saturated heterocycles. The van der Waals surface area contributed by atoms with Crippen molar-refractivity contribution in [2.45, 2.75) is 12.7 Å². The minimum atomic E-state index is -0.486. The molecule has 3 aromatic carbocycles. The summed E-state index contributed by atoms with van der Waals surface area (Å²) in [5.41, 5.74) is 2.48. The van der Waals surface area contributed by atoms with Crippen molar-refractivity contribution in [3.63, 3.8) is 0 Å². The SMILES string of the molecule is O=C1CN(Cc2ccccc2)[C@@H](c2ccc(Cl)cc2Cl)N1/N=C\c1ccc(Cl)cc1Cl. The Hall–Kier alpha value is -2.08. The fraction of sp³-hybridized carbons (Fsp3) is 0.130. The predicted molar refractivity (Wildman–Crippen MR) is 127 cm³/mol. The van der Waals surface area contributed by atoms with E-state index >= 15 is 0 Å². The third-order valence-corrected chi connectivity index (χ3v) is 6.05. The van der Waals surface area contributed by atoms with E-state index in [2.05, 4.69) is 5.10 Å². The van der Waals surface area contributed by atoms with Gasteiger partial charge in [-0.3, -0.25) is 9.69 Å². The second-order valence-electron chi connectivity index (χ2n) is 7.08. The highest BCUT2D eigenvalue weighted by atomic mass is 35.5. The monoisotopic (exact) mass is 491 g/mol. The molecule has 3 aromatic rings. The highest BCUT2D eigenvalue weighted by Gasteiger charge is 2.40. The molecule has 31 heavy (non-hydrogen) atoms. The first-order valence-corrected chi connectivity index (χ1v) is 11.0. The van der Waals surface area contributed by atoms with E-state index in [0.717, 1.165) is 11.1 Å². The number of hydrogen-bond acceptors (Lipinski definition) is 3. The molecule has 0 spiro atoms. The lowest BCUT2D eigenvalue weighted by molar-refractivity contribution is -0.128. The van der Waals surface area contributed by atoms with Crippen LogP contribution in [0.15, 0.2) is 71.8 Å². The van der Waals surface area contributed by atoms with E-state index in [1.165, 1.54) is 5.01 Å². The van der Waals surface area contributed by atoms with Crippen molar-refractivity contribution in [3.05, 3.63) is 104 Å². The van der Waals surface area contributed by atoms with Crippen LogP contribution in [0.2, 0.25) is 20.1 Å². The molecule has 1 atom stereocenters. The van der Waals surface area contributed by atoms with Gasteiger partial charge in [0.2, 0.25) is 0 Å². The van der Waals surface area contributed by atoms with E-state index in [1.807, 2.05) is 41.3 Å². The highest BCUT2D eigenvalue weighted by Crippen LogP contribution is 2.37. The molecule has 1 amide bonds. The first-order valence-electron chi connectivity index (χ1n) is 9.46. The Balaban J connectivity index is 1.71. The molecule has 0 bridgehead atoms. The van der Waals surface area contributed by atoms with Crippen molar-refractivity contribution in [1.82, 2.24) is 9.91 Å². The lowest BCUT2D eigenvalue weighted by Gasteiger charge is -2.28. The van der Waals surface area contributed by atoms with Crippen LogP contribution < -0.4 is 0 Å². The van der Waals surface area contributed by atoms with E-state index in [-0.39, 0.29) is 12.5 Å². The van der Waals surface area contributed by atoms with Gasteiger partial charge in [-0.15, -0.1) is 0 Å². The predicted octanol–water partition coefficient (Wildman–Crippen LogP) is 6.68. The van der Waals surface area contributed by atoms with Gasteiger partial charge < -0.3 is 0 Å². The van der Waals surface area contributed by atoms with Crippen LogP contribution in [0.1, 0.15) is 22.9 Å². The molecule has 0 unspecified atom stereocenters. The molecule has 0 aromatic heterocycles. The summed E-state index contributed by atoms with van der Waals surface area (Å²) in [6, 6.07) is 20.3. The maximum Gasteiger partial charge on any atom is 0.258 e. The number of carbonyl (C=O) groups excluding carboxylic acids is 1. The largest absolute Gasteiger partial charge is 0.271 e. The fourth-order valence-corrected chi connectivity index (χ4v) is 4.44. The Morgan fingerprint density at radius 3 is 2.26 bits per heavy atom. The zero-order valence-corrected chi connectivity index (χ0v) is 19.2. The Morgan fingerprint density at radius 1 is 0.903 bits per heavy atom. The maximum absolute atomic E-state index is 12.9. The van der Waals surface area contributed by atoms with Crippen LogP contribution in [0.5, 0.6) is 0 Å². The summed E-state index contributed by atoms with van der Waals surface area (Å²) in [5.74, 6) is -0.145. The fourth-order valence-electron chi connectivity index (χ4n) is 3.48. The molecule has 1 heterocycles. The van der Waals surface area contributed by atoms with Crippen LogP contribution in [0.25, 0.3) is 0 Å². The number of nitrogens with zero attached hydrogens (tertiary/aromatic N) is 3. The van der Waals surface area contributed by atoms with Gasteiger partial charge in [-0.1, -0.05) is 88.9 Å². The Labute approximate surface area is 200 Å². The van der Waals surface area contributed by atoms with Crippen molar-refractivity contribution < 1.29 is 4.79 Å². The van der Waals surface area contributed by atoms with Gasteiger partial charge in [-0.05, 0) is 29.8 Å². The number of halogens is 4. The van der Waals surface area contributed by atoms with Gasteiger partial charge in [0.25, 0.3) is 5.91 Å². The normalized spacial score (nSPS) is 17.1. The zero-order valence-electron chi connectivity index (χ0n) is 16.2. The molecule has 4 rings (SSSR count). The second kappa shape index (κ2) is 9.60. The smallest absolute Gasteiger partial charge is 0.258 e. The molecule has 0 radical (unpaired) electrons. The van der Waals surface area contributed by atoms with Gasteiger partial charge >= 0.3 is 0 Å². The van der Waals surface area contributed by atoms with Crippen LogP contribution in [0, 0.1) is 0 Å². The summed E-state index contributed by atoms with van der Waals surface area (Å²) in [7, 11) is 0. The third kappa shape index (κ3) is 5.05. The lowest BCUT2D eigenvalue weighted by Crippen LogP contribution is -2.29. The molecular weight excluding hydrogens is 476 g/mol. The van der Waals surface area contributed by atoms with E-state index in [1.54, 1.807) is 36.5 Å². The first-order chi connectivity index (χ1) is 14.9. The van der Waals surface area contributed by atoms with Crippen LogP contribution in [0.3, 0.4) is 0 Å². The Kier molecular flexibility index (Phi) is 6.85. The number of hydrogen-bond donors (Lipinski definition) is 0. The minimum Gasteiger partial charge on any atom is -0.271 e. The molecule has 1 aliphatic heterocycles. The molecule has 0 aliphatic carbocycles. The maximum atomic E-state index is 12.9. The van der Waals surface area contributed by atoms with E-state index in [0.29, 0.717) is 32.2 Å². The average Bonchev–Trinajstić information content (AvgIpc) is 3.03. The van der Waals surface area contributed by atoms with Gasteiger partial charge in [0.1, 0.15) is 6.17 Å². The van der Waals surface area contributed by atoms with Crippen LogP contribution in [-0.2, 0) is 11.3 Å². The van der Waals surface area contributed by atoms with E-state index in [4.69, 9.17) is 46.4 Å². The van der Waals surface area contributed by atoms with E-state index in [9.17, 15) is 4.79 Å². The second-order valence-corrected chi connectivity index (χ2v) is 8.77. The lowest BCUT2D eigenvalue weighted by atomic mass is 10.1. The molecule has 8 heteroatoms. The van der Waals surface area contributed by atoms with Crippen molar-refractivity contribution >= 4 is 58.5 Å². The Bertz CT molecular complexity index is 1140. The summed E-state index contributed by atoms with van der Waals surface area (Å²) in [6.07, 6.45) is 1.07. The summed E-state index contributed by atoms with van der Waals surface area (Å²) in [4.78, 5) is 15.0. The molecular formula is C23H17Cl4N3O. The number of carbonyl (C=O) groups is 1. The molecule has 158 valence electrons. The topological polar surface area (TPSA) is 35.9 Å². The van der Waals surface area contributed by atoms with Gasteiger partial charge in [0.05, 0.1) is 17.8 Å². The molecule has 4 nitrogen and oxygen atoms in total. The van der Waals surface area contributed by atoms with Crippen LogP contribution in [0.4, 0.5) is 0 Å². The number of hydrazone groups is 1. The summed E-state index contributed by atoms with van der Waals surface area (Å²) in [6.45, 7) is 0.758. The minimum absolute atomic E-state index is 0.145. The van der Waals surface area contributed by atoms with Gasteiger partial charge in [0.15, 0.2) is 0 Å². The Morgan fingerprint density at radius 2 is 1.58 bits per heavy atom. The van der Waals surface area contributed by atoms with Gasteiger partial charge in [-0.2, -0.15) is 5.10 Å². The van der Waals surface area contributed by atoms with Crippen molar-refractivity contribution in [2.75, 3.05) is 6.54 Å². The van der Waals surface area contributed by atoms with E-state index < -0.39 is 6.17 Å². The van der Waals surface area contributed by atoms with Gasteiger partial charge in [0, 0.05) is 32.7 Å². The van der Waals surface area contributed by atoms with Crippen molar-refractivity contribution in [2.24, 2.45) is 5.10 Å². The van der Waals surface area contributed by atoms with Crippen molar-refractivity contribution in [1.29, 1.82) is 0 Å². The molecule has 1 fully saturated rings. The van der Waals surface area contributed by atoms with Crippen molar-refractivity contribution in [3.8, 4) is 0 Å². The summed E-state index contributed by atoms with van der Waals surface area (Å²) < 4.78 is 0. The summed E-state index contributed by atoms with van der Waals surface area (Å²) >= 11 is 24.8. The zero-order chi connectivity index (χ0) is 22.0. The van der Waals surface area contributed by atoms with Crippen LogP contribution in [-0.4, -0.2) is 28.6 Å². The summed E-state index contributed by atoms with van der Waals surface area (Å²) in [5, 5.41) is 7.88. The molecule has 0 N–H and O–H groups in total. The first kappa shape index (κ1) is 22.1. The average molecular weight is 493 g/mol. The van der Waals surface area contributed by atoms with Gasteiger partial charge in [-0.25, -0.2) is 5.01 Å². The molecule has 1 aliphatic rings. The third-order valence-electron chi connectivity index (χ3n) is 4.92. The number of benzene rings is 3. The van der Waals surface area contributed by atoms with Crippen LogP contribution >= 0.6 is 46.4 Å². The molecule has 0 saturated carbocycles. The highest BCUT2D eigenvalue weighted by molar-refractivity contribution is 6.36. The standard InChI is InChI=1S/C23H17Cl4N3O/c24-17-7-6-16(20(26)10-17)12-28-30-22(31)14-29(13-15-4-2-1-3-5-15)23(30)19-9-8-18(25)11-21(19)27/h1-12,23H,13-14H2/b28-12-/t23-/m1/s1.